The first-order chi connectivity index (χ1) is 8.65. The molecule has 0 saturated carbocycles. The van der Waals surface area contributed by atoms with E-state index >= 15 is 0 Å². The standard InChI is InChI=1S/C15H17BrN2/c1-18(15-4-2-3-14(17)11-15)10-9-12-5-7-13(16)8-6-12/h2-8,11H,9-10,17H2,1H3. The number of rotatable bonds is 4. The van der Waals surface area contributed by atoms with Gasteiger partial charge in [-0.1, -0.05) is 34.1 Å². The number of likely N-dealkylation sites (N-methyl/N-ethyl adjacent to an activating group) is 1. The van der Waals surface area contributed by atoms with Crippen LogP contribution in [0.5, 0.6) is 0 Å². The number of nitrogen functional groups attached to an aromatic ring is 1. The molecule has 2 aromatic carbocycles. The van der Waals surface area contributed by atoms with Crippen LogP contribution >= 0.6 is 15.9 Å². The van der Waals surface area contributed by atoms with Crippen LogP contribution in [0.3, 0.4) is 0 Å². The van der Waals surface area contributed by atoms with Crippen LogP contribution < -0.4 is 10.6 Å². The van der Waals surface area contributed by atoms with E-state index in [9.17, 15) is 0 Å². The average molecular weight is 305 g/mol. The maximum atomic E-state index is 5.79. The van der Waals surface area contributed by atoms with E-state index in [1.165, 1.54) is 5.56 Å². The molecule has 0 aliphatic heterocycles. The molecule has 0 unspecified atom stereocenters. The predicted molar refractivity (Wildman–Crippen MR) is 82.0 cm³/mol. The molecule has 0 spiro atoms. The minimum absolute atomic E-state index is 0.808. The molecule has 2 aromatic rings. The summed E-state index contributed by atoms with van der Waals surface area (Å²) in [6.45, 7) is 0.977. The summed E-state index contributed by atoms with van der Waals surface area (Å²) in [6.07, 6.45) is 1.03. The SMILES string of the molecule is CN(CCc1ccc(Br)cc1)c1cccc(N)c1. The van der Waals surface area contributed by atoms with E-state index in [1.807, 2.05) is 18.2 Å². The van der Waals surface area contributed by atoms with Gasteiger partial charge in [-0.25, -0.2) is 0 Å². The molecule has 2 nitrogen and oxygen atoms in total. The zero-order valence-electron chi connectivity index (χ0n) is 10.4. The third-order valence-corrected chi connectivity index (χ3v) is 3.49. The Labute approximate surface area is 117 Å². The zero-order valence-corrected chi connectivity index (χ0v) is 12.0. The Hall–Kier alpha value is -1.48. The highest BCUT2D eigenvalue weighted by molar-refractivity contribution is 9.10. The summed E-state index contributed by atoms with van der Waals surface area (Å²) >= 11 is 3.45. The van der Waals surface area contributed by atoms with Crippen LogP contribution in [0, 0.1) is 0 Å². The normalized spacial score (nSPS) is 10.3. The van der Waals surface area contributed by atoms with Gasteiger partial charge in [0.25, 0.3) is 0 Å². The van der Waals surface area contributed by atoms with E-state index in [0.29, 0.717) is 0 Å². The highest BCUT2D eigenvalue weighted by Crippen LogP contribution is 2.17. The van der Waals surface area contributed by atoms with E-state index < -0.39 is 0 Å². The largest absolute Gasteiger partial charge is 0.399 e. The Morgan fingerprint density at radius 2 is 1.83 bits per heavy atom. The van der Waals surface area contributed by atoms with Gasteiger partial charge < -0.3 is 10.6 Å². The number of benzene rings is 2. The Bertz CT molecular complexity index is 508. The van der Waals surface area contributed by atoms with E-state index in [4.69, 9.17) is 5.73 Å². The van der Waals surface area contributed by atoms with Gasteiger partial charge >= 0.3 is 0 Å². The molecular formula is C15H17BrN2. The second-order valence-corrected chi connectivity index (χ2v) is 5.31. The molecule has 2 rings (SSSR count). The van der Waals surface area contributed by atoms with Gasteiger partial charge in [0.05, 0.1) is 0 Å². The summed E-state index contributed by atoms with van der Waals surface area (Å²) < 4.78 is 1.12. The summed E-state index contributed by atoms with van der Waals surface area (Å²) in [4.78, 5) is 2.22. The lowest BCUT2D eigenvalue weighted by Crippen LogP contribution is -2.20. The van der Waals surface area contributed by atoms with Crippen molar-refractivity contribution < 1.29 is 0 Å². The predicted octanol–water partition coefficient (Wildman–Crippen LogP) is 3.71. The first-order valence-corrected chi connectivity index (χ1v) is 6.75. The molecule has 0 radical (unpaired) electrons. The number of anilines is 2. The van der Waals surface area contributed by atoms with Gasteiger partial charge in [0, 0.05) is 29.4 Å². The molecule has 0 amide bonds. The van der Waals surface area contributed by atoms with Crippen molar-refractivity contribution in [2.24, 2.45) is 0 Å². The molecule has 0 aliphatic carbocycles. The van der Waals surface area contributed by atoms with Crippen molar-refractivity contribution in [2.45, 2.75) is 6.42 Å². The van der Waals surface area contributed by atoms with E-state index in [0.717, 1.165) is 28.8 Å². The number of hydrogen-bond donors (Lipinski definition) is 1. The maximum Gasteiger partial charge on any atom is 0.0384 e. The Morgan fingerprint density at radius 3 is 2.50 bits per heavy atom. The molecule has 94 valence electrons. The summed E-state index contributed by atoms with van der Waals surface area (Å²) in [6, 6.07) is 16.4. The fourth-order valence-electron chi connectivity index (χ4n) is 1.84. The first kappa shape index (κ1) is 13.0. The molecule has 0 heterocycles. The van der Waals surface area contributed by atoms with Crippen LogP contribution in [-0.2, 0) is 6.42 Å². The van der Waals surface area contributed by atoms with Crippen molar-refractivity contribution in [3.63, 3.8) is 0 Å². The molecule has 2 N–H and O–H groups in total. The highest BCUT2D eigenvalue weighted by atomic mass is 79.9. The second-order valence-electron chi connectivity index (χ2n) is 4.39. The van der Waals surface area contributed by atoms with E-state index in [2.05, 4.69) is 58.2 Å². The monoisotopic (exact) mass is 304 g/mol. The molecule has 0 saturated heterocycles. The summed E-state index contributed by atoms with van der Waals surface area (Å²) in [5.41, 5.74) is 9.10. The zero-order chi connectivity index (χ0) is 13.0. The number of nitrogens with zero attached hydrogens (tertiary/aromatic N) is 1. The van der Waals surface area contributed by atoms with Crippen molar-refractivity contribution in [2.75, 3.05) is 24.2 Å². The first-order valence-electron chi connectivity index (χ1n) is 5.96. The Morgan fingerprint density at radius 1 is 1.11 bits per heavy atom. The minimum Gasteiger partial charge on any atom is -0.399 e. The van der Waals surface area contributed by atoms with Crippen LogP contribution in [0.1, 0.15) is 5.56 Å². The van der Waals surface area contributed by atoms with Crippen LogP contribution in [0.15, 0.2) is 53.0 Å². The Kier molecular flexibility index (Phi) is 4.26. The molecule has 0 atom stereocenters. The van der Waals surface area contributed by atoms with Crippen molar-refractivity contribution in [3.05, 3.63) is 58.6 Å². The summed E-state index contributed by atoms with van der Waals surface area (Å²) in [5.74, 6) is 0. The topological polar surface area (TPSA) is 29.3 Å². The number of hydrogen-bond acceptors (Lipinski definition) is 2. The minimum atomic E-state index is 0.808. The summed E-state index contributed by atoms with van der Waals surface area (Å²) in [5, 5.41) is 0. The highest BCUT2D eigenvalue weighted by Gasteiger charge is 2.01. The molecular weight excluding hydrogens is 288 g/mol. The fourth-order valence-corrected chi connectivity index (χ4v) is 2.10. The van der Waals surface area contributed by atoms with Gasteiger partial charge in [0.2, 0.25) is 0 Å². The molecule has 0 aliphatic rings. The third kappa shape index (κ3) is 3.50. The number of nitrogens with two attached hydrogens (primary N) is 1. The van der Waals surface area contributed by atoms with Gasteiger partial charge in [0.15, 0.2) is 0 Å². The van der Waals surface area contributed by atoms with Crippen LogP contribution in [0.4, 0.5) is 11.4 Å². The van der Waals surface area contributed by atoms with Crippen molar-refractivity contribution in [3.8, 4) is 0 Å². The maximum absolute atomic E-state index is 5.79. The van der Waals surface area contributed by atoms with Gasteiger partial charge in [-0.15, -0.1) is 0 Å². The Balaban J connectivity index is 1.96. The smallest absolute Gasteiger partial charge is 0.0384 e. The molecule has 0 aromatic heterocycles. The quantitative estimate of drug-likeness (QED) is 0.873. The van der Waals surface area contributed by atoms with Crippen LogP contribution in [-0.4, -0.2) is 13.6 Å². The van der Waals surface area contributed by atoms with Gasteiger partial charge in [0.1, 0.15) is 0 Å². The van der Waals surface area contributed by atoms with Crippen molar-refractivity contribution >= 4 is 27.3 Å². The summed E-state index contributed by atoms with van der Waals surface area (Å²) in [7, 11) is 2.09. The molecule has 18 heavy (non-hydrogen) atoms. The molecule has 3 heteroatoms. The molecule has 0 bridgehead atoms. The van der Waals surface area contributed by atoms with Crippen molar-refractivity contribution in [1.29, 1.82) is 0 Å². The van der Waals surface area contributed by atoms with Gasteiger partial charge in [-0.3, -0.25) is 0 Å². The number of halogens is 1. The lowest BCUT2D eigenvalue weighted by atomic mass is 10.1. The lowest BCUT2D eigenvalue weighted by molar-refractivity contribution is 0.877. The van der Waals surface area contributed by atoms with Crippen molar-refractivity contribution in [1.82, 2.24) is 0 Å². The average Bonchev–Trinajstić information content (AvgIpc) is 2.38. The van der Waals surface area contributed by atoms with E-state index in [1.54, 1.807) is 0 Å². The fraction of sp³-hybridized carbons (Fsp3) is 0.200. The molecule has 0 fully saturated rings. The van der Waals surface area contributed by atoms with Crippen LogP contribution in [0.25, 0.3) is 0 Å². The van der Waals surface area contributed by atoms with E-state index in [-0.39, 0.29) is 0 Å². The third-order valence-electron chi connectivity index (χ3n) is 2.96. The lowest BCUT2D eigenvalue weighted by Gasteiger charge is -2.19. The van der Waals surface area contributed by atoms with Crippen LogP contribution in [0.2, 0.25) is 0 Å². The van der Waals surface area contributed by atoms with Gasteiger partial charge in [-0.05, 0) is 42.3 Å². The van der Waals surface area contributed by atoms with Gasteiger partial charge in [-0.2, -0.15) is 0 Å². The second kappa shape index (κ2) is 5.91.